The number of ether oxygens (including phenoxy) is 2. The van der Waals surface area contributed by atoms with Crippen LogP contribution in [-0.4, -0.2) is 47.2 Å². The number of fused-ring (bicyclic) bond motifs is 1. The van der Waals surface area contributed by atoms with Gasteiger partial charge in [-0.05, 0) is 69.2 Å². The van der Waals surface area contributed by atoms with Gasteiger partial charge in [-0.3, -0.25) is 9.80 Å². The summed E-state index contributed by atoms with van der Waals surface area (Å²) in [6.07, 6.45) is -0.399. The Labute approximate surface area is 253 Å². The molecule has 10 heteroatoms. The molecule has 0 aromatic heterocycles. The lowest BCUT2D eigenvalue weighted by atomic mass is 10.1. The molecule has 0 radical (unpaired) electrons. The Bertz CT molecular complexity index is 1410. The largest absolute Gasteiger partial charge is 0.457 e. The maximum Gasteiger partial charge on any atom is 0.410 e. The average molecular weight is 649 g/mol. The Morgan fingerprint density at radius 2 is 1.70 bits per heavy atom. The summed E-state index contributed by atoms with van der Waals surface area (Å²) in [5, 5.41) is 0.867. The first-order valence-corrected chi connectivity index (χ1v) is 14.4. The molecule has 0 fully saturated rings. The van der Waals surface area contributed by atoms with Crippen LogP contribution in [0.4, 0.5) is 15.3 Å². The average Bonchev–Trinajstić information content (AvgIpc) is 3.03. The molecule has 0 bridgehead atoms. The Balaban J connectivity index is 1.50. The van der Waals surface area contributed by atoms with Crippen molar-refractivity contribution < 1.29 is 19.1 Å². The SMILES string of the molecule is CC1CN(C(=O)N(C)Cc2ccc(Oc3ccc(Cl)c(Cl)c3)cc2Br)c2ccccc2CN1C(=O)OC(C)(C)C. The normalized spacial score (nSPS) is 15.2. The predicted molar refractivity (Wildman–Crippen MR) is 163 cm³/mol. The first-order valence-electron chi connectivity index (χ1n) is 12.8. The molecule has 0 N–H and O–H groups in total. The highest BCUT2D eigenvalue weighted by Crippen LogP contribution is 2.33. The van der Waals surface area contributed by atoms with Gasteiger partial charge in [-0.1, -0.05) is 63.4 Å². The second kappa shape index (κ2) is 12.3. The van der Waals surface area contributed by atoms with E-state index in [-0.39, 0.29) is 12.1 Å². The molecule has 0 saturated heterocycles. The third-order valence-corrected chi connectivity index (χ3v) is 7.82. The quantitative estimate of drug-likeness (QED) is 0.284. The number of benzene rings is 3. The molecule has 3 aromatic rings. The molecule has 0 saturated carbocycles. The Kier molecular flexibility index (Phi) is 9.22. The van der Waals surface area contributed by atoms with E-state index in [1.165, 1.54) is 0 Å². The highest BCUT2D eigenvalue weighted by atomic mass is 79.9. The molecule has 1 heterocycles. The van der Waals surface area contributed by atoms with Gasteiger partial charge in [0.05, 0.1) is 28.3 Å². The standard InChI is InChI=1S/C30H32BrCl2N3O4/c1-19-16-36(27-9-7-6-8-21(27)18-35(19)29(38)40-30(2,3)4)28(37)34(5)17-20-10-11-22(14-24(20)31)39-23-12-13-25(32)26(33)15-23/h6-15,19H,16-18H2,1-5H3. The fourth-order valence-electron chi connectivity index (χ4n) is 4.38. The molecule has 3 amide bonds. The second-order valence-corrected chi connectivity index (χ2v) is 12.4. The van der Waals surface area contributed by atoms with Crippen molar-refractivity contribution in [2.75, 3.05) is 18.5 Å². The smallest absolute Gasteiger partial charge is 0.410 e. The van der Waals surface area contributed by atoms with Gasteiger partial charge < -0.3 is 14.4 Å². The minimum Gasteiger partial charge on any atom is -0.457 e. The highest BCUT2D eigenvalue weighted by Gasteiger charge is 2.34. The number of para-hydroxylation sites is 1. The number of hydrogen-bond donors (Lipinski definition) is 0. The molecular formula is C30H32BrCl2N3O4. The van der Waals surface area contributed by atoms with Gasteiger partial charge in [0.1, 0.15) is 17.1 Å². The van der Waals surface area contributed by atoms with Gasteiger partial charge in [0.25, 0.3) is 0 Å². The van der Waals surface area contributed by atoms with Crippen molar-refractivity contribution in [3.63, 3.8) is 0 Å². The van der Waals surface area contributed by atoms with E-state index >= 15 is 0 Å². The summed E-state index contributed by atoms with van der Waals surface area (Å²) in [6, 6.07) is 17.9. The fourth-order valence-corrected chi connectivity index (χ4v) is 5.15. The summed E-state index contributed by atoms with van der Waals surface area (Å²) >= 11 is 15.7. The van der Waals surface area contributed by atoms with E-state index in [4.69, 9.17) is 32.7 Å². The van der Waals surface area contributed by atoms with Gasteiger partial charge in [-0.25, -0.2) is 9.59 Å². The molecule has 0 aliphatic carbocycles. The van der Waals surface area contributed by atoms with E-state index in [2.05, 4.69) is 15.9 Å². The third-order valence-electron chi connectivity index (χ3n) is 6.35. The zero-order chi connectivity index (χ0) is 29.2. The van der Waals surface area contributed by atoms with Crippen LogP contribution in [0.5, 0.6) is 11.5 Å². The number of urea groups is 1. The Hall–Kier alpha value is -2.94. The maximum atomic E-state index is 13.8. The fraction of sp³-hybridized carbons (Fsp3) is 0.333. The van der Waals surface area contributed by atoms with Gasteiger partial charge in [0.2, 0.25) is 0 Å². The number of rotatable bonds is 4. The second-order valence-electron chi connectivity index (χ2n) is 10.8. The number of amides is 3. The summed E-state index contributed by atoms with van der Waals surface area (Å²) in [4.78, 5) is 31.9. The van der Waals surface area contributed by atoms with Crippen molar-refractivity contribution >= 4 is 56.9 Å². The first-order chi connectivity index (χ1) is 18.8. The van der Waals surface area contributed by atoms with Crippen molar-refractivity contribution in [3.8, 4) is 11.5 Å². The van der Waals surface area contributed by atoms with E-state index in [1.807, 2.05) is 70.2 Å². The lowest BCUT2D eigenvalue weighted by Crippen LogP contribution is -2.48. The van der Waals surface area contributed by atoms with Crippen molar-refractivity contribution in [3.05, 3.63) is 86.3 Å². The van der Waals surface area contributed by atoms with E-state index < -0.39 is 11.7 Å². The van der Waals surface area contributed by atoms with Crippen molar-refractivity contribution in [1.29, 1.82) is 0 Å². The van der Waals surface area contributed by atoms with E-state index in [0.717, 1.165) is 21.3 Å². The molecular weight excluding hydrogens is 617 g/mol. The van der Waals surface area contributed by atoms with Crippen LogP contribution in [0.1, 0.15) is 38.8 Å². The summed E-state index contributed by atoms with van der Waals surface area (Å²) < 4.78 is 12.4. The molecule has 0 spiro atoms. The van der Waals surface area contributed by atoms with Gasteiger partial charge in [-0.2, -0.15) is 0 Å². The summed E-state index contributed by atoms with van der Waals surface area (Å²) in [6.45, 7) is 8.50. The van der Waals surface area contributed by atoms with Gasteiger partial charge in [0, 0.05) is 30.7 Å². The van der Waals surface area contributed by atoms with Gasteiger partial charge in [-0.15, -0.1) is 0 Å². The molecule has 1 unspecified atom stereocenters. The summed E-state index contributed by atoms with van der Waals surface area (Å²) in [5.74, 6) is 1.18. The van der Waals surface area contributed by atoms with Crippen molar-refractivity contribution in [1.82, 2.24) is 9.80 Å². The van der Waals surface area contributed by atoms with Crippen molar-refractivity contribution in [2.24, 2.45) is 0 Å². The minimum atomic E-state index is -0.617. The first kappa shape index (κ1) is 30.0. The molecule has 1 aliphatic heterocycles. The van der Waals surface area contributed by atoms with Crippen LogP contribution >= 0.6 is 39.1 Å². The van der Waals surface area contributed by atoms with E-state index in [0.29, 0.717) is 41.2 Å². The van der Waals surface area contributed by atoms with Crippen LogP contribution in [0, 0.1) is 0 Å². The Morgan fingerprint density at radius 3 is 2.38 bits per heavy atom. The zero-order valence-electron chi connectivity index (χ0n) is 23.1. The third kappa shape index (κ3) is 7.22. The lowest BCUT2D eigenvalue weighted by molar-refractivity contribution is 0.0168. The number of nitrogens with zero attached hydrogens (tertiary/aromatic N) is 3. The van der Waals surface area contributed by atoms with Crippen molar-refractivity contribution in [2.45, 2.75) is 52.4 Å². The van der Waals surface area contributed by atoms with Crippen LogP contribution in [-0.2, 0) is 17.8 Å². The molecule has 3 aromatic carbocycles. The van der Waals surface area contributed by atoms with Crippen LogP contribution in [0.25, 0.3) is 0 Å². The minimum absolute atomic E-state index is 0.173. The summed E-state index contributed by atoms with van der Waals surface area (Å²) in [5.41, 5.74) is 1.95. The lowest BCUT2D eigenvalue weighted by Gasteiger charge is -2.32. The van der Waals surface area contributed by atoms with Gasteiger partial charge in [0.15, 0.2) is 0 Å². The van der Waals surface area contributed by atoms with E-state index in [1.54, 1.807) is 39.9 Å². The molecule has 4 rings (SSSR count). The number of hydrogen-bond acceptors (Lipinski definition) is 4. The summed E-state index contributed by atoms with van der Waals surface area (Å²) in [7, 11) is 1.76. The number of carbonyl (C=O) groups excluding carboxylic acids is 2. The van der Waals surface area contributed by atoms with Gasteiger partial charge >= 0.3 is 12.1 Å². The highest BCUT2D eigenvalue weighted by molar-refractivity contribution is 9.10. The van der Waals surface area contributed by atoms with E-state index in [9.17, 15) is 9.59 Å². The van der Waals surface area contributed by atoms with Crippen LogP contribution in [0.2, 0.25) is 10.0 Å². The molecule has 7 nitrogen and oxygen atoms in total. The molecule has 1 atom stereocenters. The molecule has 212 valence electrons. The monoisotopic (exact) mass is 647 g/mol. The molecule has 1 aliphatic rings. The zero-order valence-corrected chi connectivity index (χ0v) is 26.2. The van der Waals surface area contributed by atoms with Crippen LogP contribution in [0.3, 0.4) is 0 Å². The number of anilines is 1. The number of carbonyl (C=O) groups is 2. The predicted octanol–water partition coefficient (Wildman–Crippen LogP) is 8.75. The van der Waals surface area contributed by atoms with Crippen LogP contribution in [0.15, 0.2) is 65.1 Å². The topological polar surface area (TPSA) is 62.3 Å². The molecule has 40 heavy (non-hydrogen) atoms. The maximum absolute atomic E-state index is 13.8. The van der Waals surface area contributed by atoms with Crippen LogP contribution < -0.4 is 9.64 Å². The number of halogens is 3. The Morgan fingerprint density at radius 1 is 1.02 bits per heavy atom.